The molecule has 1 rings (SSSR count). The Kier molecular flexibility index (Phi) is 4.84. The Morgan fingerprint density at radius 3 is 2.71 bits per heavy atom. The van der Waals surface area contributed by atoms with Crippen LogP contribution in [0.25, 0.3) is 0 Å². The van der Waals surface area contributed by atoms with Crippen molar-refractivity contribution in [1.29, 1.82) is 0 Å². The fraction of sp³-hybridized carbons (Fsp3) is 0.385. The Morgan fingerprint density at radius 2 is 2.12 bits per heavy atom. The summed E-state index contributed by atoms with van der Waals surface area (Å²) in [5, 5.41) is 2.71. The maximum atomic E-state index is 11.7. The van der Waals surface area contributed by atoms with Gasteiger partial charge in [0.05, 0.1) is 6.04 Å². The van der Waals surface area contributed by atoms with Crippen LogP contribution < -0.4 is 11.1 Å². The minimum absolute atomic E-state index is 0.0287. The largest absolute Gasteiger partial charge is 0.325 e. The van der Waals surface area contributed by atoms with Crippen LogP contribution in [0.1, 0.15) is 37.0 Å². The molecule has 1 atom stereocenters. The Balaban J connectivity index is 2.71. The van der Waals surface area contributed by atoms with Crippen LogP contribution in [-0.2, 0) is 4.79 Å². The first-order valence-corrected chi connectivity index (χ1v) is 5.72. The van der Waals surface area contributed by atoms with E-state index < -0.39 is 6.04 Å². The quantitative estimate of drug-likeness (QED) is 0.765. The molecule has 4 heteroatoms. The second-order valence-corrected chi connectivity index (χ2v) is 4.02. The summed E-state index contributed by atoms with van der Waals surface area (Å²) in [5.74, 6) is -0.244. The molecule has 0 aliphatic carbocycles. The first kappa shape index (κ1) is 13.4. The minimum atomic E-state index is -0.499. The average Bonchev–Trinajstić information content (AvgIpc) is 2.29. The summed E-state index contributed by atoms with van der Waals surface area (Å²) >= 11 is 0. The molecule has 0 heterocycles. The van der Waals surface area contributed by atoms with Crippen molar-refractivity contribution in [3.63, 3.8) is 0 Å². The molecule has 4 nitrogen and oxygen atoms in total. The van der Waals surface area contributed by atoms with E-state index in [1.165, 1.54) is 6.92 Å². The molecule has 0 unspecified atom stereocenters. The van der Waals surface area contributed by atoms with Crippen molar-refractivity contribution in [1.82, 2.24) is 0 Å². The average molecular weight is 234 g/mol. The van der Waals surface area contributed by atoms with E-state index in [1.807, 2.05) is 6.92 Å². The zero-order valence-electron chi connectivity index (χ0n) is 10.2. The van der Waals surface area contributed by atoms with E-state index in [0.717, 1.165) is 6.42 Å². The van der Waals surface area contributed by atoms with Crippen LogP contribution in [0.4, 0.5) is 5.69 Å². The Labute approximate surface area is 101 Å². The fourth-order valence-electron chi connectivity index (χ4n) is 1.49. The molecular formula is C13H18N2O2. The predicted molar refractivity (Wildman–Crippen MR) is 68.0 cm³/mol. The number of rotatable bonds is 5. The van der Waals surface area contributed by atoms with E-state index in [-0.39, 0.29) is 11.7 Å². The zero-order chi connectivity index (χ0) is 12.8. The summed E-state index contributed by atoms with van der Waals surface area (Å²) in [5.41, 5.74) is 6.88. The Morgan fingerprint density at radius 1 is 1.41 bits per heavy atom. The van der Waals surface area contributed by atoms with Crippen LogP contribution in [0.15, 0.2) is 24.3 Å². The summed E-state index contributed by atoms with van der Waals surface area (Å²) in [6, 6.07) is 6.34. The molecule has 0 aromatic heterocycles. The van der Waals surface area contributed by atoms with E-state index >= 15 is 0 Å². The lowest BCUT2D eigenvalue weighted by atomic mass is 10.1. The highest BCUT2D eigenvalue weighted by molar-refractivity contribution is 5.98. The number of anilines is 1. The highest BCUT2D eigenvalue weighted by atomic mass is 16.2. The number of Topliss-reactive ketones (excluding diaryl/α,β-unsaturated/α-hetero) is 1. The Hall–Kier alpha value is -1.68. The van der Waals surface area contributed by atoms with Crippen molar-refractivity contribution < 1.29 is 9.59 Å². The normalized spacial score (nSPS) is 11.9. The van der Waals surface area contributed by atoms with Crippen molar-refractivity contribution in [3.05, 3.63) is 29.8 Å². The monoisotopic (exact) mass is 234 g/mol. The van der Waals surface area contributed by atoms with E-state index in [9.17, 15) is 9.59 Å². The second-order valence-electron chi connectivity index (χ2n) is 4.02. The van der Waals surface area contributed by atoms with Gasteiger partial charge in [-0.05, 0) is 25.5 Å². The van der Waals surface area contributed by atoms with Gasteiger partial charge < -0.3 is 11.1 Å². The van der Waals surface area contributed by atoms with Crippen LogP contribution >= 0.6 is 0 Å². The lowest BCUT2D eigenvalue weighted by molar-refractivity contribution is -0.117. The van der Waals surface area contributed by atoms with Gasteiger partial charge in [-0.3, -0.25) is 9.59 Å². The van der Waals surface area contributed by atoms with Gasteiger partial charge in [-0.25, -0.2) is 0 Å². The summed E-state index contributed by atoms with van der Waals surface area (Å²) in [6.45, 7) is 3.47. The van der Waals surface area contributed by atoms with Crippen molar-refractivity contribution in [2.75, 3.05) is 5.32 Å². The number of ketones is 1. The summed E-state index contributed by atoms with van der Waals surface area (Å²) < 4.78 is 0. The van der Waals surface area contributed by atoms with Gasteiger partial charge in [-0.2, -0.15) is 0 Å². The van der Waals surface area contributed by atoms with Gasteiger partial charge in [0.1, 0.15) is 0 Å². The standard InChI is InChI=1S/C13H18N2O2/c1-3-5-12(14)13(17)15-11-7-4-6-10(8-11)9(2)16/h4,6-8,12H,3,5,14H2,1-2H3,(H,15,17)/t12-/m1/s1. The summed E-state index contributed by atoms with van der Waals surface area (Å²) in [7, 11) is 0. The molecule has 1 aromatic carbocycles. The third-order valence-electron chi connectivity index (χ3n) is 2.47. The molecule has 0 fully saturated rings. The molecule has 1 amide bonds. The molecule has 0 saturated heterocycles. The first-order chi connectivity index (χ1) is 8.04. The molecule has 1 aromatic rings. The van der Waals surface area contributed by atoms with Gasteiger partial charge in [0.25, 0.3) is 0 Å². The fourth-order valence-corrected chi connectivity index (χ4v) is 1.49. The molecule has 0 radical (unpaired) electrons. The minimum Gasteiger partial charge on any atom is -0.325 e. The van der Waals surface area contributed by atoms with Gasteiger partial charge in [0.15, 0.2) is 5.78 Å². The molecule has 0 saturated carbocycles. The van der Waals surface area contributed by atoms with Crippen LogP contribution in [-0.4, -0.2) is 17.7 Å². The number of benzene rings is 1. The van der Waals surface area contributed by atoms with Crippen LogP contribution in [0.5, 0.6) is 0 Å². The molecule has 17 heavy (non-hydrogen) atoms. The van der Waals surface area contributed by atoms with Crippen molar-refractivity contribution in [2.45, 2.75) is 32.7 Å². The smallest absolute Gasteiger partial charge is 0.241 e. The predicted octanol–water partition coefficient (Wildman–Crippen LogP) is 1.96. The second kappa shape index (κ2) is 6.15. The summed E-state index contributed by atoms with van der Waals surface area (Å²) in [4.78, 5) is 22.8. The SMILES string of the molecule is CCC[C@@H](N)C(=O)Nc1cccc(C(C)=O)c1. The molecule has 0 bridgehead atoms. The molecule has 0 aliphatic rings. The number of nitrogens with two attached hydrogens (primary N) is 1. The zero-order valence-corrected chi connectivity index (χ0v) is 10.2. The van der Waals surface area contributed by atoms with Gasteiger partial charge in [0.2, 0.25) is 5.91 Å². The molecular weight excluding hydrogens is 216 g/mol. The van der Waals surface area contributed by atoms with Gasteiger partial charge in [-0.15, -0.1) is 0 Å². The number of hydrogen-bond donors (Lipinski definition) is 2. The third-order valence-corrected chi connectivity index (χ3v) is 2.47. The molecule has 92 valence electrons. The van der Waals surface area contributed by atoms with E-state index in [1.54, 1.807) is 24.3 Å². The highest BCUT2D eigenvalue weighted by Gasteiger charge is 2.12. The maximum absolute atomic E-state index is 11.7. The number of carbonyl (C=O) groups is 2. The molecule has 0 spiro atoms. The van der Waals surface area contributed by atoms with E-state index in [2.05, 4.69) is 5.32 Å². The van der Waals surface area contributed by atoms with Crippen molar-refractivity contribution >= 4 is 17.4 Å². The van der Waals surface area contributed by atoms with Gasteiger partial charge >= 0.3 is 0 Å². The molecule has 3 N–H and O–H groups in total. The van der Waals surface area contributed by atoms with Crippen LogP contribution in [0.3, 0.4) is 0 Å². The lowest BCUT2D eigenvalue weighted by Crippen LogP contribution is -2.35. The Bertz CT molecular complexity index is 416. The van der Waals surface area contributed by atoms with E-state index in [0.29, 0.717) is 17.7 Å². The van der Waals surface area contributed by atoms with Gasteiger partial charge in [-0.1, -0.05) is 25.5 Å². The number of nitrogens with one attached hydrogen (secondary N) is 1. The lowest BCUT2D eigenvalue weighted by Gasteiger charge is -2.11. The van der Waals surface area contributed by atoms with Crippen molar-refractivity contribution in [3.8, 4) is 0 Å². The number of hydrogen-bond acceptors (Lipinski definition) is 3. The van der Waals surface area contributed by atoms with Crippen molar-refractivity contribution in [2.24, 2.45) is 5.73 Å². The third kappa shape index (κ3) is 4.00. The maximum Gasteiger partial charge on any atom is 0.241 e. The van der Waals surface area contributed by atoms with Crippen LogP contribution in [0.2, 0.25) is 0 Å². The molecule has 0 aliphatic heterocycles. The van der Waals surface area contributed by atoms with E-state index in [4.69, 9.17) is 5.73 Å². The first-order valence-electron chi connectivity index (χ1n) is 5.72. The number of amides is 1. The van der Waals surface area contributed by atoms with Crippen LogP contribution in [0, 0.1) is 0 Å². The summed E-state index contributed by atoms with van der Waals surface area (Å²) in [6.07, 6.45) is 1.51. The highest BCUT2D eigenvalue weighted by Crippen LogP contribution is 2.11. The number of carbonyl (C=O) groups excluding carboxylic acids is 2. The topological polar surface area (TPSA) is 72.2 Å². The van der Waals surface area contributed by atoms with Gasteiger partial charge in [0, 0.05) is 11.3 Å².